The maximum Gasteiger partial charge on any atom is 0.200 e. The highest BCUT2D eigenvalue weighted by Gasteiger charge is 2.27. The Hall–Kier alpha value is -1.33. The Morgan fingerprint density at radius 2 is 1.21 bits per heavy atom. The summed E-state index contributed by atoms with van der Waals surface area (Å²) in [5, 5.41) is 0. The smallest absolute Gasteiger partial charge is 0.200 e. The fourth-order valence-electron chi connectivity index (χ4n) is 1.82. The first kappa shape index (κ1) is 15.7. The monoisotopic (exact) mass is 281 g/mol. The van der Waals surface area contributed by atoms with Gasteiger partial charge in [-0.25, -0.2) is 22.0 Å². The third kappa shape index (κ3) is 3.36. The molecule has 0 spiro atoms. The maximum absolute atomic E-state index is 13.5. The minimum absolute atomic E-state index is 0.234. The highest BCUT2D eigenvalue weighted by Crippen LogP contribution is 2.29. The molecule has 1 nitrogen and oxygen atoms in total. The molecule has 0 radical (unpaired) electrons. The standard InChI is InChI=1S/C13H16F5N/c1-3-4-5-6-7-19(2)13-11(17)9(15)8(14)10(16)12(13)18/h3-7H2,1-2H3. The van der Waals surface area contributed by atoms with Crippen molar-refractivity contribution in [1.29, 1.82) is 0 Å². The van der Waals surface area contributed by atoms with Crippen LogP contribution in [0.4, 0.5) is 27.6 Å². The second-order valence-electron chi connectivity index (χ2n) is 4.40. The lowest BCUT2D eigenvalue weighted by Crippen LogP contribution is -2.23. The molecule has 1 aromatic rings. The molecule has 0 heterocycles. The van der Waals surface area contributed by atoms with E-state index in [1.807, 2.05) is 6.92 Å². The molecule has 1 aromatic carbocycles. The van der Waals surface area contributed by atoms with E-state index in [1.165, 1.54) is 7.05 Å². The molecule has 1 rings (SSSR count). The summed E-state index contributed by atoms with van der Waals surface area (Å²) in [7, 11) is 1.31. The van der Waals surface area contributed by atoms with Crippen LogP contribution in [0.2, 0.25) is 0 Å². The normalized spacial score (nSPS) is 10.9. The minimum atomic E-state index is -2.13. The van der Waals surface area contributed by atoms with Crippen LogP contribution in [0.25, 0.3) is 0 Å². The summed E-state index contributed by atoms with van der Waals surface area (Å²) in [4.78, 5) is 1.06. The van der Waals surface area contributed by atoms with Gasteiger partial charge in [0.1, 0.15) is 5.69 Å². The molecule has 0 amide bonds. The topological polar surface area (TPSA) is 3.24 Å². The number of nitrogens with zero attached hydrogens (tertiary/aromatic N) is 1. The average Bonchev–Trinajstić information content (AvgIpc) is 2.39. The molecule has 0 saturated carbocycles. The third-order valence-electron chi connectivity index (χ3n) is 2.92. The summed E-state index contributed by atoms with van der Waals surface area (Å²) in [6, 6.07) is 0. The highest BCUT2D eigenvalue weighted by molar-refractivity contribution is 5.49. The molecule has 0 atom stereocenters. The van der Waals surface area contributed by atoms with Crippen molar-refractivity contribution in [2.24, 2.45) is 0 Å². The van der Waals surface area contributed by atoms with E-state index in [1.54, 1.807) is 0 Å². The van der Waals surface area contributed by atoms with E-state index in [0.717, 1.165) is 24.2 Å². The summed E-state index contributed by atoms with van der Waals surface area (Å²) >= 11 is 0. The quantitative estimate of drug-likeness (QED) is 0.323. The van der Waals surface area contributed by atoms with Crippen LogP contribution in [-0.4, -0.2) is 13.6 Å². The first-order chi connectivity index (χ1) is 8.91. The van der Waals surface area contributed by atoms with E-state index in [4.69, 9.17) is 0 Å². The zero-order chi connectivity index (χ0) is 14.6. The van der Waals surface area contributed by atoms with Crippen LogP contribution in [-0.2, 0) is 0 Å². The van der Waals surface area contributed by atoms with Crippen molar-refractivity contribution in [2.75, 3.05) is 18.5 Å². The van der Waals surface area contributed by atoms with E-state index in [2.05, 4.69) is 0 Å². The van der Waals surface area contributed by atoms with Crippen molar-refractivity contribution in [3.05, 3.63) is 29.1 Å². The molecule has 0 saturated heterocycles. The van der Waals surface area contributed by atoms with Gasteiger partial charge in [0.05, 0.1) is 0 Å². The molecule has 0 aliphatic rings. The molecule has 19 heavy (non-hydrogen) atoms. The number of halogens is 5. The summed E-state index contributed by atoms with van der Waals surface area (Å²) in [5.41, 5.74) is -0.868. The molecule has 0 bridgehead atoms. The predicted octanol–water partition coefficient (Wildman–Crippen LogP) is 4.40. The summed E-state index contributed by atoms with van der Waals surface area (Å²) in [5.74, 6) is -9.51. The average molecular weight is 281 g/mol. The second-order valence-corrected chi connectivity index (χ2v) is 4.40. The lowest BCUT2D eigenvalue weighted by atomic mass is 10.2. The number of unbranched alkanes of at least 4 members (excludes halogenated alkanes) is 3. The number of benzene rings is 1. The zero-order valence-corrected chi connectivity index (χ0v) is 10.9. The van der Waals surface area contributed by atoms with E-state index < -0.39 is 34.8 Å². The van der Waals surface area contributed by atoms with Gasteiger partial charge in [0.25, 0.3) is 0 Å². The SMILES string of the molecule is CCCCCCN(C)c1c(F)c(F)c(F)c(F)c1F. The van der Waals surface area contributed by atoms with Crippen molar-refractivity contribution in [1.82, 2.24) is 0 Å². The van der Waals surface area contributed by atoms with E-state index >= 15 is 0 Å². The Balaban J connectivity index is 2.94. The van der Waals surface area contributed by atoms with Crippen LogP contribution in [0.1, 0.15) is 32.6 Å². The van der Waals surface area contributed by atoms with Gasteiger partial charge in [0.2, 0.25) is 5.82 Å². The summed E-state index contributed by atoms with van der Waals surface area (Å²) in [6.45, 7) is 2.24. The number of anilines is 1. The molecular weight excluding hydrogens is 265 g/mol. The second kappa shape index (κ2) is 6.73. The fraction of sp³-hybridized carbons (Fsp3) is 0.538. The Morgan fingerprint density at radius 1 is 0.737 bits per heavy atom. The van der Waals surface area contributed by atoms with Gasteiger partial charge in [-0.15, -0.1) is 0 Å². The van der Waals surface area contributed by atoms with Gasteiger partial charge in [-0.3, -0.25) is 0 Å². The first-order valence-electron chi connectivity index (χ1n) is 6.14. The molecule has 0 fully saturated rings. The zero-order valence-electron chi connectivity index (χ0n) is 10.9. The van der Waals surface area contributed by atoms with Crippen molar-refractivity contribution < 1.29 is 22.0 Å². The van der Waals surface area contributed by atoms with Gasteiger partial charge in [-0.05, 0) is 6.42 Å². The Bertz CT molecular complexity index is 418. The van der Waals surface area contributed by atoms with Gasteiger partial charge < -0.3 is 4.90 Å². The van der Waals surface area contributed by atoms with E-state index in [-0.39, 0.29) is 6.54 Å². The van der Waals surface area contributed by atoms with Crippen LogP contribution in [0.3, 0.4) is 0 Å². The lowest BCUT2D eigenvalue weighted by Gasteiger charge is -2.21. The molecule has 6 heteroatoms. The van der Waals surface area contributed by atoms with Crippen molar-refractivity contribution in [2.45, 2.75) is 32.6 Å². The number of hydrogen-bond acceptors (Lipinski definition) is 1. The number of rotatable bonds is 6. The lowest BCUT2D eigenvalue weighted by molar-refractivity contribution is 0.378. The summed E-state index contributed by atoms with van der Waals surface area (Å²) < 4.78 is 65.8. The van der Waals surface area contributed by atoms with Gasteiger partial charge in [0.15, 0.2) is 23.3 Å². The van der Waals surface area contributed by atoms with Crippen molar-refractivity contribution in [3.8, 4) is 0 Å². The molecule has 0 aliphatic heterocycles. The fourth-order valence-corrected chi connectivity index (χ4v) is 1.82. The van der Waals surface area contributed by atoms with Crippen LogP contribution in [0.5, 0.6) is 0 Å². The van der Waals surface area contributed by atoms with Crippen molar-refractivity contribution >= 4 is 5.69 Å². The first-order valence-corrected chi connectivity index (χ1v) is 6.14. The van der Waals surface area contributed by atoms with Gasteiger partial charge in [-0.2, -0.15) is 0 Å². The van der Waals surface area contributed by atoms with Crippen LogP contribution in [0, 0.1) is 29.1 Å². The largest absolute Gasteiger partial charge is 0.370 e. The van der Waals surface area contributed by atoms with Crippen LogP contribution >= 0.6 is 0 Å². The molecular formula is C13H16F5N. The maximum atomic E-state index is 13.5. The van der Waals surface area contributed by atoms with Crippen LogP contribution in [0.15, 0.2) is 0 Å². The Kier molecular flexibility index (Phi) is 5.57. The summed E-state index contributed by atoms with van der Waals surface area (Å²) in [6.07, 6.45) is 3.43. The molecule has 108 valence electrons. The molecule has 0 unspecified atom stereocenters. The Morgan fingerprint density at radius 3 is 1.68 bits per heavy atom. The Labute approximate surface area is 109 Å². The van der Waals surface area contributed by atoms with Gasteiger partial charge in [-0.1, -0.05) is 26.2 Å². The molecule has 0 aliphatic carbocycles. The van der Waals surface area contributed by atoms with Crippen LogP contribution < -0.4 is 4.90 Å². The highest BCUT2D eigenvalue weighted by atomic mass is 19.2. The van der Waals surface area contributed by atoms with Crippen molar-refractivity contribution in [3.63, 3.8) is 0 Å². The van der Waals surface area contributed by atoms with Gasteiger partial charge >= 0.3 is 0 Å². The molecule has 0 N–H and O–H groups in total. The third-order valence-corrected chi connectivity index (χ3v) is 2.92. The van der Waals surface area contributed by atoms with Gasteiger partial charge in [0, 0.05) is 13.6 Å². The number of hydrogen-bond donors (Lipinski definition) is 0. The van der Waals surface area contributed by atoms with E-state index in [0.29, 0.717) is 6.42 Å². The predicted molar refractivity (Wildman–Crippen MR) is 63.6 cm³/mol. The van der Waals surface area contributed by atoms with E-state index in [9.17, 15) is 22.0 Å². The molecule has 0 aromatic heterocycles. The minimum Gasteiger partial charge on any atom is -0.370 e.